The highest BCUT2D eigenvalue weighted by Gasteiger charge is 2.17. The van der Waals surface area contributed by atoms with E-state index in [4.69, 9.17) is 9.47 Å². The molecule has 4 rings (SSSR count). The van der Waals surface area contributed by atoms with Crippen LogP contribution in [-0.2, 0) is 0 Å². The summed E-state index contributed by atoms with van der Waals surface area (Å²) in [6, 6.07) is 16.1. The molecule has 5 nitrogen and oxygen atoms in total. The van der Waals surface area contributed by atoms with E-state index in [2.05, 4.69) is 33.7 Å². The van der Waals surface area contributed by atoms with Crippen LogP contribution in [0.5, 0.6) is 11.5 Å². The quantitative estimate of drug-likeness (QED) is 0.525. The molecular formula is C18H17N3O2. The first-order valence-electron chi connectivity index (χ1n) is 7.37. The van der Waals surface area contributed by atoms with Gasteiger partial charge in [0.1, 0.15) is 17.3 Å². The van der Waals surface area contributed by atoms with Crippen LogP contribution >= 0.6 is 0 Å². The number of hydrogen-bond acceptors (Lipinski definition) is 3. The molecule has 2 aromatic rings. The van der Waals surface area contributed by atoms with Crippen LogP contribution in [-0.4, -0.2) is 24.4 Å². The van der Waals surface area contributed by atoms with E-state index >= 15 is 0 Å². The molecule has 1 aliphatic heterocycles. The Balaban J connectivity index is 1.77. The van der Waals surface area contributed by atoms with Gasteiger partial charge >= 0.3 is 0 Å². The van der Waals surface area contributed by atoms with Crippen LogP contribution in [0.2, 0.25) is 0 Å². The molecule has 116 valence electrons. The van der Waals surface area contributed by atoms with Crippen molar-refractivity contribution in [1.29, 1.82) is 0 Å². The molecule has 0 atom stereocenters. The fourth-order valence-electron chi connectivity index (χ4n) is 2.89. The molecule has 2 aliphatic rings. The number of aromatic amines is 2. The third-order valence-corrected chi connectivity index (χ3v) is 4.05. The van der Waals surface area contributed by atoms with Crippen molar-refractivity contribution in [3.05, 3.63) is 48.5 Å². The van der Waals surface area contributed by atoms with E-state index in [1.165, 1.54) is 10.8 Å². The third-order valence-electron chi connectivity index (χ3n) is 4.05. The van der Waals surface area contributed by atoms with Gasteiger partial charge in [-0.05, 0) is 23.6 Å². The van der Waals surface area contributed by atoms with Gasteiger partial charge in [0.05, 0.1) is 25.6 Å². The summed E-state index contributed by atoms with van der Waals surface area (Å²) >= 11 is 0. The molecule has 0 saturated carbocycles. The molecule has 0 fully saturated rings. The summed E-state index contributed by atoms with van der Waals surface area (Å²) in [5.41, 5.74) is 3.04. The van der Waals surface area contributed by atoms with Gasteiger partial charge < -0.3 is 14.8 Å². The molecular weight excluding hydrogens is 290 g/mol. The average Bonchev–Trinajstić information content (AvgIpc) is 3.15. The topological polar surface area (TPSA) is 62.1 Å². The number of fused-ring (bicyclic) bond motifs is 3. The molecule has 23 heavy (non-hydrogen) atoms. The van der Waals surface area contributed by atoms with Crippen LogP contribution in [0.15, 0.2) is 48.5 Å². The van der Waals surface area contributed by atoms with Gasteiger partial charge in [-0.25, -0.2) is 0 Å². The zero-order valence-corrected chi connectivity index (χ0v) is 12.9. The van der Waals surface area contributed by atoms with Crippen LogP contribution in [0, 0.1) is 0 Å². The SMILES string of the molecule is COc1ccc(OC)c(Nc2[nH][nH]c3c4ccccc4cc2-3)c1. The zero-order valence-electron chi connectivity index (χ0n) is 12.9. The number of rotatable bonds is 4. The van der Waals surface area contributed by atoms with Crippen molar-refractivity contribution in [1.82, 2.24) is 10.2 Å². The largest absolute Gasteiger partial charge is 0.497 e. The lowest BCUT2D eigenvalue weighted by Crippen LogP contribution is -1.96. The van der Waals surface area contributed by atoms with Gasteiger partial charge in [0.25, 0.3) is 0 Å². The number of aromatic nitrogens is 2. The number of ether oxygens (including phenoxy) is 2. The van der Waals surface area contributed by atoms with Crippen LogP contribution in [0.1, 0.15) is 0 Å². The van der Waals surface area contributed by atoms with Crippen molar-refractivity contribution < 1.29 is 9.47 Å². The van der Waals surface area contributed by atoms with Gasteiger partial charge in [-0.2, -0.15) is 0 Å². The first-order chi connectivity index (χ1) is 11.3. The van der Waals surface area contributed by atoms with Gasteiger partial charge in [-0.15, -0.1) is 0 Å². The van der Waals surface area contributed by atoms with Crippen molar-refractivity contribution in [2.45, 2.75) is 0 Å². The van der Waals surface area contributed by atoms with Crippen LogP contribution < -0.4 is 14.8 Å². The monoisotopic (exact) mass is 307 g/mol. The Bertz CT molecular complexity index is 939. The fourth-order valence-corrected chi connectivity index (χ4v) is 2.89. The van der Waals surface area contributed by atoms with E-state index in [9.17, 15) is 0 Å². The lowest BCUT2D eigenvalue weighted by Gasteiger charge is -2.11. The summed E-state index contributed by atoms with van der Waals surface area (Å²) in [4.78, 5) is 0. The summed E-state index contributed by atoms with van der Waals surface area (Å²) in [6.07, 6.45) is 0. The van der Waals surface area contributed by atoms with Crippen molar-refractivity contribution in [2.75, 3.05) is 19.5 Å². The summed E-state index contributed by atoms with van der Waals surface area (Å²) in [5, 5.41) is 12.2. The number of hydrogen-bond donors (Lipinski definition) is 3. The summed E-state index contributed by atoms with van der Waals surface area (Å²) in [6.45, 7) is 0. The maximum Gasteiger partial charge on any atom is 0.142 e. The normalized spacial score (nSPS) is 11.0. The molecule has 2 aromatic carbocycles. The Morgan fingerprint density at radius 1 is 0.913 bits per heavy atom. The minimum Gasteiger partial charge on any atom is -0.497 e. The molecule has 1 heterocycles. The van der Waals surface area contributed by atoms with E-state index < -0.39 is 0 Å². The Morgan fingerprint density at radius 3 is 2.61 bits per heavy atom. The summed E-state index contributed by atoms with van der Waals surface area (Å²) in [5.74, 6) is 2.42. The van der Waals surface area contributed by atoms with E-state index in [1.54, 1.807) is 14.2 Å². The van der Waals surface area contributed by atoms with Gasteiger partial charge in [-0.3, -0.25) is 10.2 Å². The van der Waals surface area contributed by atoms with Crippen molar-refractivity contribution in [3.63, 3.8) is 0 Å². The van der Waals surface area contributed by atoms with Gasteiger partial charge in [0.15, 0.2) is 0 Å². The van der Waals surface area contributed by atoms with Crippen LogP contribution in [0.25, 0.3) is 22.0 Å². The summed E-state index contributed by atoms with van der Waals surface area (Å²) < 4.78 is 10.7. The molecule has 0 bridgehead atoms. The third kappa shape index (κ3) is 2.17. The van der Waals surface area contributed by atoms with Crippen LogP contribution in [0.4, 0.5) is 11.5 Å². The minimum atomic E-state index is 0.754. The molecule has 0 unspecified atom stereocenters. The molecule has 0 aromatic heterocycles. The second kappa shape index (κ2) is 5.28. The van der Waals surface area contributed by atoms with E-state index in [1.807, 2.05) is 30.3 Å². The Kier molecular flexibility index (Phi) is 3.12. The van der Waals surface area contributed by atoms with Crippen molar-refractivity contribution in [3.8, 4) is 22.8 Å². The lowest BCUT2D eigenvalue weighted by molar-refractivity contribution is 0.405. The van der Waals surface area contributed by atoms with Gasteiger partial charge in [-0.1, -0.05) is 24.3 Å². The number of H-pyrrole nitrogens is 2. The highest BCUT2D eigenvalue weighted by atomic mass is 16.5. The van der Waals surface area contributed by atoms with Crippen molar-refractivity contribution >= 4 is 22.3 Å². The van der Waals surface area contributed by atoms with E-state index in [-0.39, 0.29) is 0 Å². The molecule has 1 aliphatic carbocycles. The maximum atomic E-state index is 5.42. The van der Waals surface area contributed by atoms with E-state index in [0.717, 1.165) is 34.3 Å². The highest BCUT2D eigenvalue weighted by Crippen LogP contribution is 2.39. The van der Waals surface area contributed by atoms with Crippen molar-refractivity contribution in [2.24, 2.45) is 0 Å². The highest BCUT2D eigenvalue weighted by molar-refractivity contribution is 6.04. The number of methoxy groups -OCH3 is 2. The standard InChI is InChI=1S/C18H17N3O2/c1-22-12-7-8-16(23-2)15(10-12)19-18-14-9-11-5-3-4-6-13(11)17(14)20-21-18/h3-10,19-21H,1-2H3. The number of nitrogens with one attached hydrogen (secondary N) is 3. The molecule has 0 amide bonds. The van der Waals surface area contributed by atoms with Gasteiger partial charge in [0, 0.05) is 17.0 Å². The summed E-state index contributed by atoms with van der Waals surface area (Å²) in [7, 11) is 3.30. The molecule has 0 radical (unpaired) electrons. The zero-order chi connectivity index (χ0) is 15.8. The second-order valence-corrected chi connectivity index (χ2v) is 5.34. The fraction of sp³-hybridized carbons (Fsp3) is 0.111. The predicted molar refractivity (Wildman–Crippen MR) is 92.1 cm³/mol. The minimum absolute atomic E-state index is 0.754. The van der Waals surface area contributed by atoms with Crippen LogP contribution in [0.3, 0.4) is 0 Å². The second-order valence-electron chi connectivity index (χ2n) is 5.34. The number of benzene rings is 2. The Labute approximate surface area is 133 Å². The number of anilines is 2. The molecule has 3 N–H and O–H groups in total. The lowest BCUT2D eigenvalue weighted by atomic mass is 10.2. The predicted octanol–water partition coefficient (Wildman–Crippen LogP) is 4.36. The first kappa shape index (κ1) is 13.6. The first-order valence-corrected chi connectivity index (χ1v) is 7.37. The van der Waals surface area contributed by atoms with E-state index in [0.29, 0.717) is 0 Å². The van der Waals surface area contributed by atoms with Gasteiger partial charge in [0.2, 0.25) is 0 Å². The Hall–Kier alpha value is -3.08. The molecule has 0 saturated heterocycles. The average molecular weight is 307 g/mol. The maximum absolute atomic E-state index is 5.42. The Morgan fingerprint density at radius 2 is 1.78 bits per heavy atom. The molecule has 0 spiro atoms. The molecule has 5 heteroatoms. The smallest absolute Gasteiger partial charge is 0.142 e.